The van der Waals surface area contributed by atoms with Gasteiger partial charge in [-0.25, -0.2) is 4.39 Å². The number of aromatic nitrogens is 2. The number of fused-ring (bicyclic) bond motifs is 1. The van der Waals surface area contributed by atoms with Gasteiger partial charge in [0.05, 0.1) is 17.2 Å². The molecule has 0 amide bonds. The molecule has 0 bridgehead atoms. The third-order valence-corrected chi connectivity index (χ3v) is 6.44. The summed E-state index contributed by atoms with van der Waals surface area (Å²) in [5.41, 5.74) is 8.44. The van der Waals surface area contributed by atoms with E-state index in [4.69, 9.17) is 15.2 Å². The summed E-state index contributed by atoms with van der Waals surface area (Å²) in [6.07, 6.45) is 0. The van der Waals surface area contributed by atoms with Crippen molar-refractivity contribution in [3.05, 3.63) is 113 Å². The van der Waals surface area contributed by atoms with E-state index >= 15 is 0 Å². The minimum atomic E-state index is -0.586. The van der Waals surface area contributed by atoms with Crippen LogP contribution in [-0.4, -0.2) is 10.2 Å². The molecule has 0 saturated heterocycles. The van der Waals surface area contributed by atoms with Crippen LogP contribution in [0.1, 0.15) is 22.7 Å². The van der Waals surface area contributed by atoms with E-state index in [1.54, 1.807) is 48.2 Å². The second-order valence-corrected chi connectivity index (χ2v) is 8.60. The predicted molar refractivity (Wildman–Crippen MR) is 127 cm³/mol. The van der Waals surface area contributed by atoms with Gasteiger partial charge in [-0.15, -0.1) is 16.9 Å². The van der Waals surface area contributed by atoms with Crippen molar-refractivity contribution in [1.29, 1.82) is 5.26 Å². The Bertz CT molecular complexity index is 1400. The molecular weight excluding hydrogens is 451 g/mol. The van der Waals surface area contributed by atoms with Crippen molar-refractivity contribution in [2.75, 3.05) is 0 Å². The van der Waals surface area contributed by atoms with Gasteiger partial charge in [0, 0.05) is 10.6 Å². The molecule has 0 fully saturated rings. The molecule has 4 aromatic rings. The number of ether oxygens (including phenoxy) is 2. The number of halogens is 1. The lowest BCUT2D eigenvalue weighted by Gasteiger charge is -2.24. The van der Waals surface area contributed by atoms with Crippen LogP contribution in [0.2, 0.25) is 0 Å². The van der Waals surface area contributed by atoms with E-state index in [1.165, 1.54) is 6.07 Å². The van der Waals surface area contributed by atoms with Gasteiger partial charge in [0.25, 0.3) is 0 Å². The first-order valence-electron chi connectivity index (χ1n) is 10.5. The minimum absolute atomic E-state index is 0.0244. The van der Waals surface area contributed by atoms with Gasteiger partial charge in [0.2, 0.25) is 11.8 Å². The number of H-pyrrole nitrogens is 1. The van der Waals surface area contributed by atoms with Gasteiger partial charge >= 0.3 is 0 Å². The van der Waals surface area contributed by atoms with Crippen LogP contribution in [0.5, 0.6) is 17.4 Å². The number of allylic oxidation sites excluding steroid dienone is 1. The third-order valence-electron chi connectivity index (χ3n) is 5.40. The first kappa shape index (κ1) is 21.6. The van der Waals surface area contributed by atoms with E-state index in [9.17, 15) is 9.65 Å². The molecule has 1 atom stereocenters. The average Bonchev–Trinajstić information content (AvgIpc) is 3.26. The molecule has 3 aromatic carbocycles. The number of hydrogen-bond donors (Lipinski definition) is 2. The van der Waals surface area contributed by atoms with Crippen molar-refractivity contribution < 1.29 is 13.9 Å². The molecule has 1 aliphatic rings. The molecule has 6 nitrogen and oxygen atoms in total. The van der Waals surface area contributed by atoms with Crippen LogP contribution in [0.4, 0.5) is 4.39 Å². The summed E-state index contributed by atoms with van der Waals surface area (Å²) in [7, 11) is 0. The summed E-state index contributed by atoms with van der Waals surface area (Å²) in [6, 6.07) is 25.6. The SMILES string of the molecule is N#CC1=C(N)Oc2n[nH]c(CSc3ccccc3)c2C1c1ccc(F)c(Oc2ccccc2)c1. The van der Waals surface area contributed by atoms with Crippen LogP contribution < -0.4 is 15.2 Å². The number of nitriles is 1. The number of para-hydroxylation sites is 1. The Hall–Kier alpha value is -4.22. The van der Waals surface area contributed by atoms with E-state index in [1.807, 2.05) is 36.4 Å². The Balaban J connectivity index is 1.54. The highest BCUT2D eigenvalue weighted by molar-refractivity contribution is 7.98. The van der Waals surface area contributed by atoms with Crippen molar-refractivity contribution >= 4 is 11.8 Å². The van der Waals surface area contributed by atoms with Crippen molar-refractivity contribution in [2.45, 2.75) is 16.6 Å². The summed E-state index contributed by atoms with van der Waals surface area (Å²) < 4.78 is 26.1. The van der Waals surface area contributed by atoms with Crippen LogP contribution in [0.25, 0.3) is 0 Å². The number of hydrogen-bond acceptors (Lipinski definition) is 6. The Morgan fingerprint density at radius 1 is 1.09 bits per heavy atom. The Morgan fingerprint density at radius 3 is 2.56 bits per heavy atom. The molecule has 3 N–H and O–H groups in total. The Morgan fingerprint density at radius 2 is 1.82 bits per heavy atom. The van der Waals surface area contributed by atoms with Crippen LogP contribution in [0, 0.1) is 17.1 Å². The monoisotopic (exact) mass is 470 g/mol. The number of rotatable bonds is 6. The fourth-order valence-electron chi connectivity index (χ4n) is 3.82. The topological polar surface area (TPSA) is 97.0 Å². The zero-order valence-electron chi connectivity index (χ0n) is 17.9. The molecule has 8 heteroatoms. The van der Waals surface area contributed by atoms with Crippen LogP contribution >= 0.6 is 11.8 Å². The molecule has 0 aliphatic carbocycles. The van der Waals surface area contributed by atoms with E-state index in [2.05, 4.69) is 16.3 Å². The predicted octanol–water partition coefficient (Wildman–Crippen LogP) is 5.85. The summed E-state index contributed by atoms with van der Waals surface area (Å²) in [4.78, 5) is 1.09. The number of nitrogens with zero attached hydrogens (tertiary/aromatic N) is 2. The second kappa shape index (κ2) is 9.33. The highest BCUT2D eigenvalue weighted by Gasteiger charge is 2.35. The lowest BCUT2D eigenvalue weighted by Crippen LogP contribution is -2.21. The summed E-state index contributed by atoms with van der Waals surface area (Å²) in [5.74, 6) is 0.310. The number of thioether (sulfide) groups is 1. The second-order valence-electron chi connectivity index (χ2n) is 7.55. The van der Waals surface area contributed by atoms with Crippen molar-refractivity contribution in [3.63, 3.8) is 0 Å². The summed E-state index contributed by atoms with van der Waals surface area (Å²) in [5, 5.41) is 17.2. The quantitative estimate of drug-likeness (QED) is 0.343. The van der Waals surface area contributed by atoms with E-state index < -0.39 is 11.7 Å². The standard InChI is InChI=1S/C26H19FN4O2S/c27-20-12-11-16(13-22(20)32-17-7-3-1-4-8-17)23-19(14-28)25(29)33-26-24(23)21(30-31-26)15-34-18-9-5-2-6-10-18/h1-13,23H,15,29H2,(H,30,31). The fraction of sp³-hybridized carbons (Fsp3) is 0.0769. The number of nitrogens with one attached hydrogen (secondary N) is 1. The molecule has 2 heterocycles. The molecule has 1 aliphatic heterocycles. The maximum Gasteiger partial charge on any atom is 0.244 e. The van der Waals surface area contributed by atoms with Crippen molar-refractivity contribution in [2.24, 2.45) is 5.73 Å². The van der Waals surface area contributed by atoms with Gasteiger partial charge in [-0.3, -0.25) is 5.10 Å². The minimum Gasteiger partial charge on any atom is -0.454 e. The first-order chi connectivity index (χ1) is 16.6. The van der Waals surface area contributed by atoms with Crippen LogP contribution in [0.3, 0.4) is 0 Å². The van der Waals surface area contributed by atoms with Gasteiger partial charge in [-0.2, -0.15) is 5.26 Å². The molecular formula is C26H19FN4O2S. The molecule has 0 saturated carbocycles. The summed E-state index contributed by atoms with van der Waals surface area (Å²) >= 11 is 1.62. The molecule has 168 valence electrons. The molecule has 1 aromatic heterocycles. The van der Waals surface area contributed by atoms with Crippen molar-refractivity contribution in [3.8, 4) is 23.4 Å². The van der Waals surface area contributed by atoms with Crippen molar-refractivity contribution in [1.82, 2.24) is 10.2 Å². The lowest BCUT2D eigenvalue weighted by molar-refractivity contribution is 0.378. The highest BCUT2D eigenvalue weighted by Crippen LogP contribution is 2.45. The van der Waals surface area contributed by atoms with Gasteiger partial charge in [-0.05, 0) is 42.0 Å². The van der Waals surface area contributed by atoms with Crippen LogP contribution in [-0.2, 0) is 5.75 Å². The highest BCUT2D eigenvalue weighted by atomic mass is 32.2. The van der Waals surface area contributed by atoms with E-state index in [-0.39, 0.29) is 17.2 Å². The van der Waals surface area contributed by atoms with Gasteiger partial charge in [0.15, 0.2) is 11.6 Å². The maximum atomic E-state index is 14.6. The third kappa shape index (κ3) is 4.21. The van der Waals surface area contributed by atoms with Gasteiger partial charge in [0.1, 0.15) is 17.4 Å². The average molecular weight is 471 g/mol. The van der Waals surface area contributed by atoms with E-state index in [0.717, 1.165) is 10.6 Å². The number of aromatic amines is 1. The Labute approximate surface area is 199 Å². The smallest absolute Gasteiger partial charge is 0.244 e. The normalized spacial score (nSPS) is 14.8. The molecule has 0 spiro atoms. The zero-order chi connectivity index (χ0) is 23.5. The first-order valence-corrected chi connectivity index (χ1v) is 11.5. The molecule has 34 heavy (non-hydrogen) atoms. The number of nitrogens with two attached hydrogens (primary N) is 1. The van der Waals surface area contributed by atoms with Gasteiger partial charge in [-0.1, -0.05) is 42.5 Å². The molecule has 0 radical (unpaired) electrons. The summed E-state index contributed by atoms with van der Waals surface area (Å²) in [6.45, 7) is 0. The molecule has 1 unspecified atom stereocenters. The fourth-order valence-corrected chi connectivity index (χ4v) is 4.70. The van der Waals surface area contributed by atoms with Crippen LogP contribution in [0.15, 0.2) is 95.2 Å². The zero-order valence-corrected chi connectivity index (χ0v) is 18.7. The van der Waals surface area contributed by atoms with Gasteiger partial charge < -0.3 is 15.2 Å². The lowest BCUT2D eigenvalue weighted by atomic mass is 9.84. The number of benzene rings is 3. The largest absolute Gasteiger partial charge is 0.454 e. The maximum absolute atomic E-state index is 14.6. The van der Waals surface area contributed by atoms with E-state index in [0.29, 0.717) is 28.5 Å². The molecule has 5 rings (SSSR count). The Kier molecular flexibility index (Phi) is 5.93.